The molecule has 96 valence electrons. The summed E-state index contributed by atoms with van der Waals surface area (Å²) in [6.45, 7) is 7.58. The summed E-state index contributed by atoms with van der Waals surface area (Å²) in [5.74, 6) is 0.896. The highest BCUT2D eigenvalue weighted by Gasteiger charge is 2.17. The number of aromatic nitrogens is 2. The van der Waals surface area contributed by atoms with Crippen LogP contribution in [0.15, 0.2) is 10.7 Å². The summed E-state index contributed by atoms with van der Waals surface area (Å²) in [5, 5.41) is 0.299. The number of nitrogens with zero attached hydrogens (tertiary/aromatic N) is 3. The molecule has 0 bridgehead atoms. The van der Waals surface area contributed by atoms with E-state index in [-0.39, 0.29) is 0 Å². The standard InChI is InChI=1S/C12H19BrClN3/c1-4-6-7-17(9(3)5-2)11-10(13)8-15-12(14)16-11/h8-9H,4-7H2,1-3H3. The average molecular weight is 321 g/mol. The number of hydrogen-bond acceptors (Lipinski definition) is 3. The molecule has 0 saturated carbocycles. The van der Waals surface area contributed by atoms with Crippen LogP contribution in [0.2, 0.25) is 5.28 Å². The predicted octanol–water partition coefficient (Wildman–Crippen LogP) is 4.30. The van der Waals surface area contributed by atoms with Crippen molar-refractivity contribution in [3.63, 3.8) is 0 Å². The van der Waals surface area contributed by atoms with Crippen molar-refractivity contribution in [2.75, 3.05) is 11.4 Å². The lowest BCUT2D eigenvalue weighted by atomic mass is 10.2. The molecule has 0 radical (unpaired) electrons. The first kappa shape index (κ1) is 14.7. The Morgan fingerprint density at radius 1 is 1.47 bits per heavy atom. The van der Waals surface area contributed by atoms with Crippen LogP contribution in [-0.2, 0) is 0 Å². The zero-order chi connectivity index (χ0) is 12.8. The fourth-order valence-corrected chi connectivity index (χ4v) is 2.17. The van der Waals surface area contributed by atoms with Crippen LogP contribution < -0.4 is 4.90 Å². The first-order valence-electron chi connectivity index (χ1n) is 6.04. The van der Waals surface area contributed by atoms with Gasteiger partial charge in [-0.05, 0) is 47.3 Å². The van der Waals surface area contributed by atoms with E-state index in [4.69, 9.17) is 11.6 Å². The van der Waals surface area contributed by atoms with Gasteiger partial charge in [0.25, 0.3) is 0 Å². The molecule has 5 heteroatoms. The van der Waals surface area contributed by atoms with Gasteiger partial charge >= 0.3 is 0 Å². The molecule has 0 amide bonds. The molecule has 17 heavy (non-hydrogen) atoms. The molecule has 0 N–H and O–H groups in total. The Morgan fingerprint density at radius 2 is 2.18 bits per heavy atom. The Bertz CT molecular complexity index is 360. The zero-order valence-corrected chi connectivity index (χ0v) is 12.9. The van der Waals surface area contributed by atoms with Gasteiger partial charge in [-0.1, -0.05) is 20.3 Å². The van der Waals surface area contributed by atoms with Gasteiger partial charge in [-0.15, -0.1) is 0 Å². The minimum Gasteiger partial charge on any atom is -0.353 e. The molecule has 1 aromatic heterocycles. The van der Waals surface area contributed by atoms with Gasteiger partial charge in [0.05, 0.1) is 4.47 Å². The van der Waals surface area contributed by atoms with Crippen LogP contribution in [0.1, 0.15) is 40.0 Å². The van der Waals surface area contributed by atoms with Crippen molar-refractivity contribution in [3.05, 3.63) is 16.0 Å². The third-order valence-electron chi connectivity index (χ3n) is 2.84. The van der Waals surface area contributed by atoms with E-state index in [9.17, 15) is 0 Å². The van der Waals surface area contributed by atoms with Crippen molar-refractivity contribution in [2.45, 2.75) is 46.1 Å². The summed E-state index contributed by atoms with van der Waals surface area (Å²) in [4.78, 5) is 10.6. The topological polar surface area (TPSA) is 29.0 Å². The highest BCUT2D eigenvalue weighted by molar-refractivity contribution is 9.10. The van der Waals surface area contributed by atoms with E-state index in [0.29, 0.717) is 11.3 Å². The lowest BCUT2D eigenvalue weighted by molar-refractivity contribution is 0.588. The van der Waals surface area contributed by atoms with Crippen LogP contribution in [0.5, 0.6) is 0 Å². The number of halogens is 2. The fourth-order valence-electron chi connectivity index (χ4n) is 1.62. The second kappa shape index (κ2) is 7.17. The molecule has 1 heterocycles. The summed E-state index contributed by atoms with van der Waals surface area (Å²) >= 11 is 9.37. The van der Waals surface area contributed by atoms with Crippen LogP contribution >= 0.6 is 27.5 Å². The van der Waals surface area contributed by atoms with E-state index in [1.54, 1.807) is 6.20 Å². The molecule has 0 aliphatic carbocycles. The maximum Gasteiger partial charge on any atom is 0.224 e. The normalized spacial score (nSPS) is 12.5. The van der Waals surface area contributed by atoms with Gasteiger partial charge in [-0.3, -0.25) is 0 Å². The maximum atomic E-state index is 5.87. The third kappa shape index (κ3) is 4.11. The number of anilines is 1. The molecule has 3 nitrogen and oxygen atoms in total. The van der Waals surface area contributed by atoms with Crippen molar-refractivity contribution < 1.29 is 0 Å². The SMILES string of the molecule is CCCCN(c1nc(Cl)ncc1Br)C(C)CC. The van der Waals surface area contributed by atoms with Gasteiger partial charge in [0.15, 0.2) is 0 Å². The fraction of sp³-hybridized carbons (Fsp3) is 0.667. The van der Waals surface area contributed by atoms with E-state index in [2.05, 4.69) is 51.6 Å². The molecule has 0 aliphatic rings. The zero-order valence-electron chi connectivity index (χ0n) is 10.6. The van der Waals surface area contributed by atoms with Crippen LogP contribution in [0.25, 0.3) is 0 Å². The molecular formula is C12H19BrClN3. The quantitative estimate of drug-likeness (QED) is 0.732. The van der Waals surface area contributed by atoms with Gasteiger partial charge in [-0.25, -0.2) is 4.98 Å². The van der Waals surface area contributed by atoms with Crippen LogP contribution in [-0.4, -0.2) is 22.6 Å². The van der Waals surface area contributed by atoms with Crippen LogP contribution in [0.4, 0.5) is 5.82 Å². The molecule has 0 saturated heterocycles. The smallest absolute Gasteiger partial charge is 0.224 e. The number of rotatable bonds is 6. The van der Waals surface area contributed by atoms with Gasteiger partial charge in [-0.2, -0.15) is 4.98 Å². The van der Waals surface area contributed by atoms with E-state index in [1.165, 1.54) is 6.42 Å². The molecule has 0 spiro atoms. The summed E-state index contributed by atoms with van der Waals surface area (Å²) in [6.07, 6.45) is 5.12. The van der Waals surface area contributed by atoms with Gasteiger partial charge in [0, 0.05) is 18.8 Å². The lowest BCUT2D eigenvalue weighted by Gasteiger charge is -2.30. The highest BCUT2D eigenvalue weighted by atomic mass is 79.9. The summed E-state index contributed by atoms with van der Waals surface area (Å²) in [5.41, 5.74) is 0. The first-order chi connectivity index (χ1) is 8.10. The average Bonchev–Trinajstić information content (AvgIpc) is 2.33. The number of hydrogen-bond donors (Lipinski definition) is 0. The van der Waals surface area contributed by atoms with Crippen molar-refractivity contribution in [1.29, 1.82) is 0 Å². The maximum absolute atomic E-state index is 5.87. The second-order valence-corrected chi connectivity index (χ2v) is 5.31. The summed E-state index contributed by atoms with van der Waals surface area (Å²) in [7, 11) is 0. The molecular weight excluding hydrogens is 302 g/mol. The van der Waals surface area contributed by atoms with Gasteiger partial charge in [0.2, 0.25) is 5.28 Å². The third-order valence-corrected chi connectivity index (χ3v) is 3.59. The molecule has 0 fully saturated rings. The second-order valence-electron chi connectivity index (χ2n) is 4.11. The first-order valence-corrected chi connectivity index (χ1v) is 7.21. The Morgan fingerprint density at radius 3 is 2.76 bits per heavy atom. The Balaban J connectivity index is 2.98. The number of unbranched alkanes of at least 4 members (excludes halogenated alkanes) is 1. The van der Waals surface area contributed by atoms with Crippen molar-refractivity contribution in [1.82, 2.24) is 9.97 Å². The van der Waals surface area contributed by atoms with Crippen LogP contribution in [0.3, 0.4) is 0 Å². The van der Waals surface area contributed by atoms with Crippen LogP contribution in [0, 0.1) is 0 Å². The monoisotopic (exact) mass is 319 g/mol. The summed E-state index contributed by atoms with van der Waals surface area (Å²) in [6, 6.07) is 0.448. The predicted molar refractivity (Wildman–Crippen MR) is 76.7 cm³/mol. The van der Waals surface area contributed by atoms with Crippen molar-refractivity contribution >= 4 is 33.3 Å². The molecule has 1 unspecified atom stereocenters. The highest BCUT2D eigenvalue weighted by Crippen LogP contribution is 2.27. The largest absolute Gasteiger partial charge is 0.353 e. The molecule has 0 aliphatic heterocycles. The molecule has 1 rings (SSSR count). The van der Waals surface area contributed by atoms with E-state index >= 15 is 0 Å². The minimum absolute atomic E-state index is 0.299. The van der Waals surface area contributed by atoms with E-state index in [1.807, 2.05) is 0 Å². The van der Waals surface area contributed by atoms with E-state index < -0.39 is 0 Å². The van der Waals surface area contributed by atoms with Gasteiger partial charge in [0.1, 0.15) is 5.82 Å². The minimum atomic E-state index is 0.299. The van der Waals surface area contributed by atoms with E-state index in [0.717, 1.165) is 29.7 Å². The lowest BCUT2D eigenvalue weighted by Crippen LogP contribution is -2.34. The Labute approximate surface area is 117 Å². The van der Waals surface area contributed by atoms with Gasteiger partial charge < -0.3 is 4.90 Å². The summed E-state index contributed by atoms with van der Waals surface area (Å²) < 4.78 is 0.901. The molecule has 1 atom stereocenters. The Hall–Kier alpha value is -0.350. The molecule has 1 aromatic rings. The van der Waals surface area contributed by atoms with Crippen molar-refractivity contribution in [2.24, 2.45) is 0 Å². The van der Waals surface area contributed by atoms with Crippen molar-refractivity contribution in [3.8, 4) is 0 Å². The Kier molecular flexibility index (Phi) is 6.20. The molecule has 0 aromatic carbocycles.